The molecule has 0 fully saturated rings. The summed E-state index contributed by atoms with van der Waals surface area (Å²) in [6, 6.07) is 13.0. The summed E-state index contributed by atoms with van der Waals surface area (Å²) >= 11 is 1.08. The fourth-order valence-electron chi connectivity index (χ4n) is 3.68. The Morgan fingerprint density at radius 3 is 2.62 bits per heavy atom. The topological polar surface area (TPSA) is 72.7 Å². The summed E-state index contributed by atoms with van der Waals surface area (Å²) in [5.74, 6) is -0.561. The van der Waals surface area contributed by atoms with Crippen LogP contribution in [0.25, 0.3) is 6.20 Å². The third kappa shape index (κ3) is 4.54. The summed E-state index contributed by atoms with van der Waals surface area (Å²) in [7, 11) is 0. The van der Waals surface area contributed by atoms with E-state index in [1.54, 1.807) is 38.1 Å². The summed E-state index contributed by atoms with van der Waals surface area (Å²) in [5.41, 5.74) is 0.364. The second-order valence-corrected chi connectivity index (χ2v) is 8.44. The highest BCUT2D eigenvalue weighted by atomic mass is 32.1. The van der Waals surface area contributed by atoms with Crippen molar-refractivity contribution >= 4 is 29.2 Å². The lowest BCUT2D eigenvalue weighted by atomic mass is 9.96. The minimum Gasteiger partial charge on any atom is -0.463 e. The van der Waals surface area contributed by atoms with Crippen LogP contribution in [0.1, 0.15) is 31.0 Å². The number of hydrogen-bond acceptors (Lipinski definition) is 6. The Morgan fingerprint density at radius 1 is 1.21 bits per heavy atom. The number of esters is 1. The van der Waals surface area contributed by atoms with E-state index in [0.29, 0.717) is 16.1 Å². The van der Waals surface area contributed by atoms with Gasteiger partial charge in [-0.05, 0) is 37.6 Å². The predicted octanol–water partition coefficient (Wildman–Crippen LogP) is 3.84. The molecule has 0 spiro atoms. The quantitative estimate of drug-likeness (QED) is 0.555. The third-order valence-electron chi connectivity index (χ3n) is 5.19. The molecule has 0 aliphatic carbocycles. The highest BCUT2D eigenvalue weighted by Gasteiger charge is 2.33. The molecule has 2 aromatic carbocycles. The Bertz CT molecular complexity index is 1440. The van der Waals surface area contributed by atoms with Gasteiger partial charge in [0.05, 0.1) is 29.5 Å². The summed E-state index contributed by atoms with van der Waals surface area (Å²) in [5, 5.41) is 2.77. The van der Waals surface area contributed by atoms with Gasteiger partial charge in [0.2, 0.25) is 0 Å². The van der Waals surface area contributed by atoms with E-state index in [1.165, 1.54) is 22.9 Å². The average molecular weight is 488 g/mol. The van der Waals surface area contributed by atoms with Crippen LogP contribution < -0.4 is 20.2 Å². The van der Waals surface area contributed by atoms with E-state index in [1.807, 2.05) is 6.07 Å². The van der Waals surface area contributed by atoms with Crippen molar-refractivity contribution in [1.29, 1.82) is 0 Å². The van der Waals surface area contributed by atoms with Crippen molar-refractivity contribution in [2.75, 3.05) is 11.9 Å². The molecule has 0 radical (unpaired) electrons. The molecule has 0 unspecified atom stereocenters. The number of ether oxygens (including phenoxy) is 1. The zero-order chi connectivity index (χ0) is 24.5. The second kappa shape index (κ2) is 9.30. The molecule has 3 aromatic rings. The van der Waals surface area contributed by atoms with E-state index in [0.717, 1.165) is 23.5 Å². The number of hydrogen-bond donors (Lipinski definition) is 1. The highest BCUT2D eigenvalue weighted by molar-refractivity contribution is 7.07. The summed E-state index contributed by atoms with van der Waals surface area (Å²) < 4.78 is 45.9. The van der Waals surface area contributed by atoms with E-state index in [2.05, 4.69) is 10.3 Å². The molecule has 1 atom stereocenters. The van der Waals surface area contributed by atoms with Gasteiger partial charge in [0, 0.05) is 11.9 Å². The number of benzene rings is 2. The van der Waals surface area contributed by atoms with Crippen LogP contribution in [0.2, 0.25) is 0 Å². The third-order valence-corrected chi connectivity index (χ3v) is 6.18. The van der Waals surface area contributed by atoms with Crippen molar-refractivity contribution in [2.45, 2.75) is 26.1 Å². The number of carbonyl (C=O) groups excluding carboxylic acids is 1. The summed E-state index contributed by atoms with van der Waals surface area (Å²) in [4.78, 5) is 31.0. The lowest BCUT2D eigenvalue weighted by Crippen LogP contribution is -2.40. The maximum atomic E-state index is 13.4. The number of carbonyl (C=O) groups is 1. The van der Waals surface area contributed by atoms with E-state index in [-0.39, 0.29) is 22.4 Å². The highest BCUT2D eigenvalue weighted by Crippen LogP contribution is 2.31. The monoisotopic (exact) mass is 487 g/mol. The average Bonchev–Trinajstić information content (AvgIpc) is 3.12. The Balaban J connectivity index is 1.81. The number of nitrogens with zero attached hydrogens (tertiary/aromatic N) is 2. The number of thiazole rings is 1. The first-order valence-corrected chi connectivity index (χ1v) is 11.2. The lowest BCUT2D eigenvalue weighted by Gasteiger charge is -2.24. The first-order chi connectivity index (χ1) is 16.2. The molecule has 4 rings (SSSR count). The fraction of sp³-hybridized carbons (Fsp3) is 0.208. The molecule has 1 aliphatic heterocycles. The van der Waals surface area contributed by atoms with Gasteiger partial charge in [-0.25, -0.2) is 9.79 Å². The van der Waals surface area contributed by atoms with Crippen LogP contribution in [0.3, 0.4) is 0 Å². The fourth-order valence-corrected chi connectivity index (χ4v) is 4.65. The van der Waals surface area contributed by atoms with Gasteiger partial charge in [-0.1, -0.05) is 47.7 Å². The van der Waals surface area contributed by atoms with Gasteiger partial charge in [0.1, 0.15) is 4.53 Å². The van der Waals surface area contributed by atoms with E-state index < -0.39 is 29.3 Å². The molecular formula is C24H20F3N3O3S. The summed E-state index contributed by atoms with van der Waals surface area (Å²) in [6.45, 7) is 3.54. The first kappa shape index (κ1) is 23.5. The number of alkyl halides is 3. The molecule has 6 nitrogen and oxygen atoms in total. The van der Waals surface area contributed by atoms with Gasteiger partial charge >= 0.3 is 12.1 Å². The maximum Gasteiger partial charge on any atom is 0.416 e. The van der Waals surface area contributed by atoms with Crippen LogP contribution in [-0.4, -0.2) is 17.1 Å². The number of rotatable bonds is 5. The van der Waals surface area contributed by atoms with Crippen LogP contribution >= 0.6 is 11.3 Å². The first-order valence-electron chi connectivity index (χ1n) is 10.4. The van der Waals surface area contributed by atoms with E-state index >= 15 is 0 Å². The lowest BCUT2D eigenvalue weighted by molar-refractivity contribution is -0.139. The van der Waals surface area contributed by atoms with Gasteiger partial charge in [0.25, 0.3) is 5.56 Å². The molecular weight excluding hydrogens is 467 g/mol. The minimum absolute atomic E-state index is 0.169. The molecule has 0 amide bonds. The number of nitrogens with one attached hydrogen (secondary N) is 1. The van der Waals surface area contributed by atoms with Gasteiger partial charge in [0.15, 0.2) is 4.80 Å². The number of aromatic nitrogens is 1. The van der Waals surface area contributed by atoms with Crippen molar-refractivity contribution in [1.82, 2.24) is 4.57 Å². The van der Waals surface area contributed by atoms with Crippen molar-refractivity contribution in [2.24, 2.45) is 4.99 Å². The largest absolute Gasteiger partial charge is 0.463 e. The molecule has 0 bridgehead atoms. The van der Waals surface area contributed by atoms with Gasteiger partial charge in [-0.3, -0.25) is 9.36 Å². The number of fused-ring (bicyclic) bond motifs is 1. The molecule has 176 valence electrons. The van der Waals surface area contributed by atoms with E-state index in [4.69, 9.17) is 4.74 Å². The number of anilines is 1. The smallest absolute Gasteiger partial charge is 0.416 e. The van der Waals surface area contributed by atoms with Crippen molar-refractivity contribution in [3.63, 3.8) is 0 Å². The van der Waals surface area contributed by atoms with Crippen molar-refractivity contribution in [3.05, 3.63) is 96.7 Å². The zero-order valence-electron chi connectivity index (χ0n) is 18.2. The molecule has 1 aliphatic rings. The van der Waals surface area contributed by atoms with Crippen LogP contribution in [0.15, 0.2) is 75.7 Å². The zero-order valence-corrected chi connectivity index (χ0v) is 19.0. The molecule has 2 heterocycles. The van der Waals surface area contributed by atoms with Gasteiger partial charge < -0.3 is 10.1 Å². The number of halogens is 3. The predicted molar refractivity (Wildman–Crippen MR) is 123 cm³/mol. The standard InChI is InChI=1S/C24H20F3N3O3S/c1-3-33-22(32)19-14(2)29-23-30(20(19)15-8-5-4-6-9-15)21(31)18(34-23)13-28-17-11-7-10-16(12-17)24(25,26)27/h4-13,20,28H,3H2,1-2H3/b18-13-/t20-/m1/s1. The molecule has 0 saturated heterocycles. The maximum absolute atomic E-state index is 13.4. The molecule has 10 heteroatoms. The molecule has 1 aromatic heterocycles. The Labute approximate surface area is 196 Å². The van der Waals surface area contributed by atoms with Crippen molar-refractivity contribution in [3.8, 4) is 0 Å². The Hall–Kier alpha value is -3.66. The SMILES string of the molecule is CCOC(=O)C1=C(C)N=c2s/c(=C\Nc3cccc(C(F)(F)F)c3)c(=O)n2[C@@H]1c1ccccc1. The van der Waals surface area contributed by atoms with Crippen LogP contribution in [0.4, 0.5) is 18.9 Å². The van der Waals surface area contributed by atoms with E-state index in [9.17, 15) is 22.8 Å². The van der Waals surface area contributed by atoms with Crippen LogP contribution in [0, 0.1) is 0 Å². The van der Waals surface area contributed by atoms with Crippen LogP contribution in [-0.2, 0) is 15.7 Å². The normalized spacial score (nSPS) is 16.1. The summed E-state index contributed by atoms with van der Waals surface area (Å²) in [6.07, 6.45) is -3.13. The van der Waals surface area contributed by atoms with Gasteiger partial charge in [-0.15, -0.1) is 0 Å². The van der Waals surface area contributed by atoms with Crippen LogP contribution in [0.5, 0.6) is 0 Å². The van der Waals surface area contributed by atoms with Crippen molar-refractivity contribution < 1.29 is 22.7 Å². The molecule has 34 heavy (non-hydrogen) atoms. The minimum atomic E-state index is -4.48. The van der Waals surface area contributed by atoms with Gasteiger partial charge in [-0.2, -0.15) is 13.2 Å². The Kier molecular flexibility index (Phi) is 6.43. The molecule has 0 saturated carbocycles. The molecule has 1 N–H and O–H groups in total. The number of allylic oxidation sites excluding steroid dienone is 1. The second-order valence-electron chi connectivity index (χ2n) is 7.44. The Morgan fingerprint density at radius 2 is 1.94 bits per heavy atom.